The van der Waals surface area contributed by atoms with Crippen molar-refractivity contribution in [2.24, 2.45) is 0 Å². The minimum absolute atomic E-state index is 0.0588. The molecule has 1 aromatic rings. The van der Waals surface area contributed by atoms with E-state index in [-0.39, 0.29) is 29.5 Å². The molecule has 0 bridgehead atoms. The fourth-order valence-corrected chi connectivity index (χ4v) is 2.17. The van der Waals surface area contributed by atoms with Crippen molar-refractivity contribution >= 4 is 11.6 Å². The first-order valence-corrected chi connectivity index (χ1v) is 6.55. The van der Waals surface area contributed by atoms with Gasteiger partial charge in [0.25, 0.3) is 5.91 Å². The van der Waals surface area contributed by atoms with E-state index in [1.807, 2.05) is 0 Å². The average Bonchev–Trinajstić information content (AvgIpc) is 2.47. The molecule has 1 aliphatic heterocycles. The Labute approximate surface area is 116 Å². The van der Waals surface area contributed by atoms with E-state index in [0.717, 1.165) is 13.1 Å². The standard InChI is InChI=1S/C13H17N3O4/c1-2-20-12-10(4-3-5-11(12)16(18)19)13(17)15-8-6-14-7-9-15/h3-5,14H,2,6-9H2,1H3. The van der Waals surface area contributed by atoms with Crippen molar-refractivity contribution in [3.8, 4) is 5.75 Å². The molecule has 0 aliphatic carbocycles. The third kappa shape index (κ3) is 2.88. The predicted octanol–water partition coefficient (Wildman–Crippen LogP) is 1.04. The second kappa shape index (κ2) is 6.33. The summed E-state index contributed by atoms with van der Waals surface area (Å²) >= 11 is 0. The molecule has 108 valence electrons. The van der Waals surface area contributed by atoms with Crippen LogP contribution in [0.1, 0.15) is 17.3 Å². The molecule has 0 atom stereocenters. The van der Waals surface area contributed by atoms with Crippen LogP contribution in [-0.4, -0.2) is 48.5 Å². The second-order valence-electron chi connectivity index (χ2n) is 4.39. The minimum Gasteiger partial charge on any atom is -0.487 e. The fourth-order valence-electron chi connectivity index (χ4n) is 2.17. The lowest BCUT2D eigenvalue weighted by Gasteiger charge is -2.27. The van der Waals surface area contributed by atoms with Gasteiger partial charge in [-0.1, -0.05) is 6.07 Å². The average molecular weight is 279 g/mol. The number of carbonyl (C=O) groups excluding carboxylic acids is 1. The van der Waals surface area contributed by atoms with Crippen LogP contribution >= 0.6 is 0 Å². The van der Waals surface area contributed by atoms with E-state index >= 15 is 0 Å². The van der Waals surface area contributed by atoms with Crippen LogP contribution in [0.5, 0.6) is 5.75 Å². The Hall–Kier alpha value is -2.15. The Morgan fingerprint density at radius 3 is 2.75 bits per heavy atom. The summed E-state index contributed by atoms with van der Waals surface area (Å²) in [5, 5.41) is 14.2. The van der Waals surface area contributed by atoms with Crippen molar-refractivity contribution in [3.63, 3.8) is 0 Å². The number of nitrogens with zero attached hydrogens (tertiary/aromatic N) is 2. The quantitative estimate of drug-likeness (QED) is 0.657. The van der Waals surface area contributed by atoms with Crippen molar-refractivity contribution in [1.29, 1.82) is 0 Å². The topological polar surface area (TPSA) is 84.7 Å². The lowest BCUT2D eigenvalue weighted by molar-refractivity contribution is -0.385. The van der Waals surface area contributed by atoms with Crippen molar-refractivity contribution in [1.82, 2.24) is 10.2 Å². The van der Waals surface area contributed by atoms with E-state index in [1.165, 1.54) is 12.1 Å². The molecule has 1 aromatic carbocycles. The van der Waals surface area contributed by atoms with Gasteiger partial charge in [0.05, 0.1) is 17.1 Å². The van der Waals surface area contributed by atoms with Crippen molar-refractivity contribution in [2.45, 2.75) is 6.92 Å². The molecule has 1 fully saturated rings. The predicted molar refractivity (Wildman–Crippen MR) is 73.0 cm³/mol. The molecule has 0 aromatic heterocycles. The number of carbonyl (C=O) groups is 1. The van der Waals surface area contributed by atoms with Gasteiger partial charge in [-0.2, -0.15) is 0 Å². The first-order valence-electron chi connectivity index (χ1n) is 6.55. The van der Waals surface area contributed by atoms with E-state index in [4.69, 9.17) is 4.74 Å². The molecule has 1 heterocycles. The molecule has 0 unspecified atom stereocenters. The number of hydrogen-bond donors (Lipinski definition) is 1. The Morgan fingerprint density at radius 2 is 2.15 bits per heavy atom. The summed E-state index contributed by atoms with van der Waals surface area (Å²) < 4.78 is 5.34. The largest absolute Gasteiger partial charge is 0.487 e. The minimum atomic E-state index is -0.528. The van der Waals surface area contributed by atoms with Crippen LogP contribution in [0.25, 0.3) is 0 Å². The molecule has 1 N–H and O–H groups in total. The first-order chi connectivity index (χ1) is 9.65. The lowest BCUT2D eigenvalue weighted by atomic mass is 10.1. The van der Waals surface area contributed by atoms with Gasteiger partial charge in [0, 0.05) is 32.2 Å². The lowest BCUT2D eigenvalue weighted by Crippen LogP contribution is -2.46. The zero-order valence-corrected chi connectivity index (χ0v) is 11.3. The highest BCUT2D eigenvalue weighted by atomic mass is 16.6. The van der Waals surface area contributed by atoms with Gasteiger partial charge in [-0.15, -0.1) is 0 Å². The van der Waals surface area contributed by atoms with Crippen molar-refractivity contribution in [3.05, 3.63) is 33.9 Å². The number of hydrogen-bond acceptors (Lipinski definition) is 5. The highest BCUT2D eigenvalue weighted by Gasteiger charge is 2.26. The van der Waals surface area contributed by atoms with Gasteiger partial charge < -0.3 is 15.0 Å². The maximum atomic E-state index is 12.5. The van der Waals surface area contributed by atoms with Crippen LogP contribution in [0.2, 0.25) is 0 Å². The molecular formula is C13H17N3O4. The number of amides is 1. The highest BCUT2D eigenvalue weighted by Crippen LogP contribution is 2.31. The van der Waals surface area contributed by atoms with Gasteiger partial charge in [0.15, 0.2) is 0 Å². The zero-order chi connectivity index (χ0) is 14.5. The Kier molecular flexibility index (Phi) is 4.52. The van der Waals surface area contributed by atoms with Gasteiger partial charge in [-0.3, -0.25) is 14.9 Å². The van der Waals surface area contributed by atoms with Crippen LogP contribution < -0.4 is 10.1 Å². The van der Waals surface area contributed by atoms with Crippen LogP contribution in [0, 0.1) is 10.1 Å². The summed E-state index contributed by atoms with van der Waals surface area (Å²) in [6.07, 6.45) is 0. The van der Waals surface area contributed by atoms with Gasteiger partial charge in [-0.05, 0) is 13.0 Å². The third-order valence-electron chi connectivity index (χ3n) is 3.11. The summed E-state index contributed by atoms with van der Waals surface area (Å²) in [6, 6.07) is 4.43. The molecule has 1 aliphatic rings. The maximum absolute atomic E-state index is 12.5. The van der Waals surface area contributed by atoms with Gasteiger partial charge in [-0.25, -0.2) is 0 Å². The molecule has 7 heteroatoms. The number of ether oxygens (including phenoxy) is 1. The second-order valence-corrected chi connectivity index (χ2v) is 4.39. The number of nitro benzene ring substituents is 1. The zero-order valence-electron chi connectivity index (χ0n) is 11.3. The van der Waals surface area contributed by atoms with E-state index in [9.17, 15) is 14.9 Å². The summed E-state index contributed by atoms with van der Waals surface area (Å²) in [4.78, 5) is 24.7. The number of rotatable bonds is 4. The molecular weight excluding hydrogens is 262 g/mol. The van der Waals surface area contributed by atoms with Crippen LogP contribution in [0.4, 0.5) is 5.69 Å². The first kappa shape index (κ1) is 14.3. The van der Waals surface area contributed by atoms with E-state index < -0.39 is 4.92 Å². The van der Waals surface area contributed by atoms with Crippen molar-refractivity contribution < 1.29 is 14.5 Å². The van der Waals surface area contributed by atoms with E-state index in [2.05, 4.69) is 5.32 Å². The van der Waals surface area contributed by atoms with E-state index in [0.29, 0.717) is 13.1 Å². The molecule has 1 saturated heterocycles. The SMILES string of the molecule is CCOc1c(C(=O)N2CCNCC2)cccc1[N+](=O)[O-]. The van der Waals surface area contributed by atoms with Gasteiger partial charge >= 0.3 is 5.69 Å². The Morgan fingerprint density at radius 1 is 1.45 bits per heavy atom. The van der Waals surface area contributed by atoms with Crippen LogP contribution in [0.3, 0.4) is 0 Å². The number of piperazine rings is 1. The molecule has 0 saturated carbocycles. The highest BCUT2D eigenvalue weighted by molar-refractivity contribution is 5.98. The van der Waals surface area contributed by atoms with Crippen LogP contribution in [-0.2, 0) is 0 Å². The molecule has 20 heavy (non-hydrogen) atoms. The number of nitro groups is 1. The molecule has 0 spiro atoms. The van der Waals surface area contributed by atoms with Gasteiger partial charge in [0.1, 0.15) is 0 Å². The van der Waals surface area contributed by atoms with E-state index in [1.54, 1.807) is 17.9 Å². The Bertz CT molecular complexity index is 512. The maximum Gasteiger partial charge on any atom is 0.311 e. The smallest absolute Gasteiger partial charge is 0.311 e. The Balaban J connectivity index is 2.36. The molecule has 2 rings (SSSR count). The summed E-state index contributed by atoms with van der Waals surface area (Å²) in [5.74, 6) is -0.165. The summed E-state index contributed by atoms with van der Waals surface area (Å²) in [7, 11) is 0. The summed E-state index contributed by atoms with van der Waals surface area (Å²) in [6.45, 7) is 4.64. The van der Waals surface area contributed by atoms with Crippen LogP contribution in [0.15, 0.2) is 18.2 Å². The molecule has 0 radical (unpaired) electrons. The normalized spacial score (nSPS) is 14.9. The van der Waals surface area contributed by atoms with Crippen molar-refractivity contribution in [2.75, 3.05) is 32.8 Å². The number of para-hydroxylation sites is 1. The molecule has 7 nitrogen and oxygen atoms in total. The van der Waals surface area contributed by atoms with Gasteiger partial charge in [0.2, 0.25) is 5.75 Å². The molecule has 1 amide bonds. The summed E-state index contributed by atoms with van der Waals surface area (Å²) in [5.41, 5.74) is 0.0794. The third-order valence-corrected chi connectivity index (χ3v) is 3.11. The fraction of sp³-hybridized carbons (Fsp3) is 0.462. The number of benzene rings is 1. The monoisotopic (exact) mass is 279 g/mol. The number of nitrogens with one attached hydrogen (secondary N) is 1.